The number of carboxylic acid groups (broad SMARTS) is 1. The lowest BCUT2D eigenvalue weighted by atomic mass is 9.43. The van der Waals surface area contributed by atoms with Crippen molar-refractivity contribution < 1.29 is 25.2 Å². The molecule has 0 saturated heterocycles. The van der Waals surface area contributed by atoms with Crippen molar-refractivity contribution in [1.82, 2.24) is 0 Å². The van der Waals surface area contributed by atoms with Crippen molar-refractivity contribution in [2.45, 2.75) is 96.9 Å². The van der Waals surface area contributed by atoms with E-state index in [2.05, 4.69) is 20.8 Å². The van der Waals surface area contributed by atoms with Crippen molar-refractivity contribution >= 4 is 5.97 Å². The molecular formula is C24H40O5. The van der Waals surface area contributed by atoms with Crippen LogP contribution in [0.25, 0.3) is 0 Å². The maximum atomic E-state index is 11.2. The fraction of sp³-hybridized carbons (Fsp3) is 0.958. The number of fused-ring (bicyclic) bond motifs is 5. The fourth-order valence-electron chi connectivity index (χ4n) is 8.79. The van der Waals surface area contributed by atoms with E-state index in [0.29, 0.717) is 36.0 Å². The van der Waals surface area contributed by atoms with Gasteiger partial charge in [-0.15, -0.1) is 0 Å². The van der Waals surface area contributed by atoms with Crippen LogP contribution in [0.1, 0.15) is 78.6 Å². The summed E-state index contributed by atoms with van der Waals surface area (Å²) in [5, 5.41) is 40.5. The highest BCUT2D eigenvalue weighted by molar-refractivity contribution is 5.71. The number of carbonyl (C=O) groups is 1. The number of rotatable bonds is 4. The molecule has 4 aliphatic rings. The van der Waals surface area contributed by atoms with Gasteiger partial charge in [-0.3, -0.25) is 0 Å². The lowest BCUT2D eigenvalue weighted by Gasteiger charge is -2.62. The fourth-order valence-corrected chi connectivity index (χ4v) is 8.79. The molecule has 0 aromatic heterocycles. The Morgan fingerprint density at radius 1 is 1.00 bits per heavy atom. The summed E-state index contributed by atoms with van der Waals surface area (Å²) in [4.78, 5) is 11.1. The smallest absolute Gasteiger partial charge is 0.332 e. The first kappa shape index (κ1) is 21.6. The van der Waals surface area contributed by atoms with E-state index in [1.165, 1.54) is 0 Å². The Morgan fingerprint density at radius 2 is 1.66 bits per heavy atom. The molecule has 29 heavy (non-hydrogen) atoms. The highest BCUT2D eigenvalue weighted by Gasteiger charge is 2.62. The monoisotopic (exact) mass is 408 g/mol. The molecule has 0 aromatic rings. The molecular weight excluding hydrogens is 368 g/mol. The van der Waals surface area contributed by atoms with Gasteiger partial charge in [0.05, 0.1) is 12.2 Å². The summed E-state index contributed by atoms with van der Waals surface area (Å²) in [5.74, 6) is 1.22. The van der Waals surface area contributed by atoms with E-state index in [1.807, 2.05) is 0 Å². The molecule has 0 aliphatic heterocycles. The molecule has 5 heteroatoms. The summed E-state index contributed by atoms with van der Waals surface area (Å²) in [6.45, 7) is 6.91. The summed E-state index contributed by atoms with van der Waals surface area (Å²) in [5.41, 5.74) is 0.352. The highest BCUT2D eigenvalue weighted by atomic mass is 16.4. The van der Waals surface area contributed by atoms with Gasteiger partial charge < -0.3 is 20.4 Å². The third-order valence-electron chi connectivity index (χ3n) is 10.3. The zero-order valence-electron chi connectivity index (χ0n) is 18.3. The molecule has 5 nitrogen and oxygen atoms in total. The quantitative estimate of drug-likeness (QED) is 0.571. The van der Waals surface area contributed by atoms with Gasteiger partial charge in [0.2, 0.25) is 0 Å². The summed E-state index contributed by atoms with van der Waals surface area (Å²) >= 11 is 0. The number of hydrogen-bond donors (Lipinski definition) is 4. The molecule has 4 aliphatic carbocycles. The molecule has 0 amide bonds. The molecule has 0 heterocycles. The highest BCUT2D eigenvalue weighted by Crippen LogP contribution is 2.68. The number of hydrogen-bond acceptors (Lipinski definition) is 4. The molecule has 166 valence electrons. The average Bonchev–Trinajstić information content (AvgIpc) is 3.00. The maximum Gasteiger partial charge on any atom is 0.332 e. The standard InChI is InChI=1S/C24H40O5/c1-13(10-20(27)22(28)29)16-4-5-17-21-18(7-9-24(16,17)3)23(2)8-6-15(25)11-14(23)12-19(21)26/h13-21,25-27H,4-12H2,1-3H3,(H,28,29)/t13-,14?,15-,16?,17+,18+,19-,20-,21+,23+,24-/m1/s1. The van der Waals surface area contributed by atoms with E-state index in [9.17, 15) is 20.1 Å². The summed E-state index contributed by atoms with van der Waals surface area (Å²) in [6.07, 6.45) is 6.60. The predicted octanol–water partition coefficient (Wildman–Crippen LogP) is 3.45. The molecule has 4 N–H and O–H groups in total. The van der Waals surface area contributed by atoms with Crippen molar-refractivity contribution in [1.29, 1.82) is 0 Å². The van der Waals surface area contributed by atoms with Gasteiger partial charge in [-0.05, 0) is 104 Å². The minimum Gasteiger partial charge on any atom is -0.479 e. The van der Waals surface area contributed by atoms with Gasteiger partial charge in [-0.2, -0.15) is 0 Å². The number of aliphatic carboxylic acids is 1. The minimum atomic E-state index is -1.28. The second kappa shape index (κ2) is 7.49. The Kier molecular flexibility index (Phi) is 5.57. The van der Waals surface area contributed by atoms with E-state index < -0.39 is 12.1 Å². The average molecular weight is 409 g/mol. The van der Waals surface area contributed by atoms with Gasteiger partial charge in [-0.1, -0.05) is 20.8 Å². The summed E-state index contributed by atoms with van der Waals surface area (Å²) in [6, 6.07) is 0. The lowest BCUT2D eigenvalue weighted by molar-refractivity contribution is -0.174. The Balaban J connectivity index is 1.56. The van der Waals surface area contributed by atoms with Crippen molar-refractivity contribution in [2.24, 2.45) is 46.3 Å². The third kappa shape index (κ3) is 3.36. The van der Waals surface area contributed by atoms with E-state index >= 15 is 0 Å². The lowest BCUT2D eigenvalue weighted by Crippen LogP contribution is -2.58. The first-order chi connectivity index (χ1) is 13.6. The van der Waals surface area contributed by atoms with Gasteiger partial charge in [-0.25, -0.2) is 4.79 Å². The Morgan fingerprint density at radius 3 is 2.34 bits per heavy atom. The molecule has 4 rings (SSSR count). The molecule has 0 bridgehead atoms. The number of aliphatic hydroxyl groups excluding tert-OH is 3. The van der Waals surface area contributed by atoms with E-state index in [0.717, 1.165) is 51.4 Å². The first-order valence-electron chi connectivity index (χ1n) is 11.8. The molecule has 4 fully saturated rings. The van der Waals surface area contributed by atoms with Crippen LogP contribution in [0.3, 0.4) is 0 Å². The van der Waals surface area contributed by atoms with Crippen LogP contribution >= 0.6 is 0 Å². The SMILES string of the molecule is C[C@H](C[C@@H](O)C(=O)O)C1CC[C@H]2[C@@H]3[C@H](O)CC4C[C@H](O)CC[C@]4(C)[C@H]3CC[C@]12C. The first-order valence-corrected chi connectivity index (χ1v) is 11.8. The van der Waals surface area contributed by atoms with E-state index in [4.69, 9.17) is 5.11 Å². The van der Waals surface area contributed by atoms with Crippen LogP contribution in [-0.4, -0.2) is 44.7 Å². The molecule has 11 atom stereocenters. The Bertz CT molecular complexity index is 637. The van der Waals surface area contributed by atoms with Crippen LogP contribution in [0.5, 0.6) is 0 Å². The van der Waals surface area contributed by atoms with Gasteiger partial charge in [0, 0.05) is 0 Å². The van der Waals surface area contributed by atoms with Crippen LogP contribution in [0.2, 0.25) is 0 Å². The van der Waals surface area contributed by atoms with Crippen LogP contribution in [0, 0.1) is 46.3 Å². The maximum absolute atomic E-state index is 11.2. The van der Waals surface area contributed by atoms with Gasteiger partial charge in [0.15, 0.2) is 6.10 Å². The van der Waals surface area contributed by atoms with Crippen LogP contribution in [-0.2, 0) is 4.79 Å². The minimum absolute atomic E-state index is 0.122. The molecule has 4 saturated carbocycles. The molecule has 2 unspecified atom stereocenters. The van der Waals surface area contributed by atoms with Crippen LogP contribution in [0.15, 0.2) is 0 Å². The van der Waals surface area contributed by atoms with Crippen molar-refractivity contribution in [3.05, 3.63) is 0 Å². The summed E-state index contributed by atoms with van der Waals surface area (Å²) in [7, 11) is 0. The number of carboxylic acids is 1. The molecule has 0 radical (unpaired) electrons. The van der Waals surface area contributed by atoms with E-state index in [1.54, 1.807) is 0 Å². The van der Waals surface area contributed by atoms with Gasteiger partial charge >= 0.3 is 5.97 Å². The predicted molar refractivity (Wildman–Crippen MR) is 110 cm³/mol. The van der Waals surface area contributed by atoms with Crippen LogP contribution in [0.4, 0.5) is 0 Å². The van der Waals surface area contributed by atoms with E-state index in [-0.39, 0.29) is 29.0 Å². The topological polar surface area (TPSA) is 98.0 Å². The number of aliphatic hydroxyl groups is 3. The third-order valence-corrected chi connectivity index (χ3v) is 10.3. The zero-order chi connectivity index (χ0) is 21.1. The second-order valence-corrected chi connectivity index (χ2v) is 11.5. The molecule has 0 spiro atoms. The second-order valence-electron chi connectivity index (χ2n) is 11.5. The Labute approximate surface area is 174 Å². The van der Waals surface area contributed by atoms with Gasteiger partial charge in [0.1, 0.15) is 0 Å². The van der Waals surface area contributed by atoms with Crippen molar-refractivity contribution in [3.63, 3.8) is 0 Å². The zero-order valence-corrected chi connectivity index (χ0v) is 18.3. The normalized spacial score (nSPS) is 51.4. The van der Waals surface area contributed by atoms with Crippen molar-refractivity contribution in [2.75, 3.05) is 0 Å². The van der Waals surface area contributed by atoms with Gasteiger partial charge in [0.25, 0.3) is 0 Å². The largest absolute Gasteiger partial charge is 0.479 e. The van der Waals surface area contributed by atoms with Crippen LogP contribution < -0.4 is 0 Å². The summed E-state index contributed by atoms with van der Waals surface area (Å²) < 4.78 is 0. The van der Waals surface area contributed by atoms with Crippen molar-refractivity contribution in [3.8, 4) is 0 Å². The molecule has 0 aromatic carbocycles. The Hall–Kier alpha value is -0.650.